The molecule has 0 unspecified atom stereocenters. The second kappa shape index (κ2) is 10.7. The van der Waals surface area contributed by atoms with Crippen molar-refractivity contribution in [3.63, 3.8) is 0 Å². The Kier molecular flexibility index (Phi) is 8.00. The molecule has 0 spiro atoms. The van der Waals surface area contributed by atoms with Crippen molar-refractivity contribution in [2.24, 2.45) is 0 Å². The van der Waals surface area contributed by atoms with Crippen molar-refractivity contribution in [1.82, 2.24) is 5.32 Å². The van der Waals surface area contributed by atoms with E-state index >= 15 is 0 Å². The number of methoxy groups -OCH3 is 1. The average molecular weight is 487 g/mol. The van der Waals surface area contributed by atoms with Crippen LogP contribution in [0.4, 0.5) is 5.69 Å². The van der Waals surface area contributed by atoms with E-state index in [1.54, 1.807) is 50.4 Å². The minimum absolute atomic E-state index is 0.0966. The Morgan fingerprint density at radius 3 is 2.30 bits per heavy atom. The zero-order chi connectivity index (χ0) is 24.0. The number of amides is 1. The summed E-state index contributed by atoms with van der Waals surface area (Å²) in [7, 11) is -2.42. The molecule has 0 heterocycles. The molecule has 0 aromatic heterocycles. The lowest BCUT2D eigenvalue weighted by Crippen LogP contribution is -2.42. The molecule has 1 amide bonds. The van der Waals surface area contributed by atoms with Gasteiger partial charge in [0.1, 0.15) is 12.3 Å². The van der Waals surface area contributed by atoms with E-state index in [1.807, 2.05) is 31.2 Å². The lowest BCUT2D eigenvalue weighted by Gasteiger charge is -2.27. The number of hydrogen-bond donors (Lipinski definition) is 1. The molecule has 0 aliphatic carbocycles. The number of anilines is 1. The Bertz CT molecular complexity index is 1200. The second-order valence-corrected chi connectivity index (χ2v) is 9.78. The highest BCUT2D eigenvalue weighted by Gasteiger charge is 2.29. The maximum Gasteiger partial charge on any atom is 0.264 e. The van der Waals surface area contributed by atoms with Crippen molar-refractivity contribution in [2.45, 2.75) is 31.2 Å². The lowest BCUT2D eigenvalue weighted by molar-refractivity contribution is -0.120. The highest BCUT2D eigenvalue weighted by Crippen LogP contribution is 2.31. The van der Waals surface area contributed by atoms with Crippen molar-refractivity contribution in [1.29, 1.82) is 0 Å². The van der Waals surface area contributed by atoms with Crippen molar-refractivity contribution in [3.05, 3.63) is 88.9 Å². The van der Waals surface area contributed by atoms with Gasteiger partial charge in [-0.05, 0) is 60.9 Å². The number of halogens is 1. The fraction of sp³-hybridized carbons (Fsp3) is 0.240. The number of nitrogens with one attached hydrogen (secondary N) is 1. The first kappa shape index (κ1) is 24.6. The molecule has 3 aromatic rings. The molecule has 8 heteroatoms. The third kappa shape index (κ3) is 5.67. The van der Waals surface area contributed by atoms with E-state index in [4.69, 9.17) is 16.3 Å². The van der Waals surface area contributed by atoms with Crippen LogP contribution in [0.3, 0.4) is 0 Å². The van der Waals surface area contributed by atoms with Gasteiger partial charge in [0, 0.05) is 5.02 Å². The molecule has 33 heavy (non-hydrogen) atoms. The second-order valence-electron chi connectivity index (χ2n) is 7.51. The SMILES string of the molecule is CC[C@H](NC(=O)CN(c1cccc(Cl)c1C)S(=O)(=O)c1ccccc1)c1ccc(OC)cc1. The molecule has 3 rings (SSSR count). The van der Waals surface area contributed by atoms with E-state index in [0.29, 0.717) is 22.7 Å². The van der Waals surface area contributed by atoms with Crippen molar-refractivity contribution in [3.8, 4) is 5.75 Å². The number of carbonyl (C=O) groups is 1. The molecule has 0 saturated carbocycles. The molecule has 0 aliphatic rings. The van der Waals surface area contributed by atoms with Crippen LogP contribution in [-0.4, -0.2) is 28.0 Å². The Hall–Kier alpha value is -3.03. The Labute approximate surface area is 200 Å². The van der Waals surface area contributed by atoms with Gasteiger partial charge in [0.25, 0.3) is 10.0 Å². The number of benzene rings is 3. The van der Waals surface area contributed by atoms with Gasteiger partial charge in [-0.1, -0.05) is 54.9 Å². The number of carbonyl (C=O) groups excluding carboxylic acids is 1. The number of nitrogens with zero attached hydrogens (tertiary/aromatic N) is 1. The summed E-state index contributed by atoms with van der Waals surface area (Å²) < 4.78 is 33.3. The summed E-state index contributed by atoms with van der Waals surface area (Å²) in [6, 6.07) is 20.2. The van der Waals surface area contributed by atoms with E-state index < -0.39 is 15.9 Å². The van der Waals surface area contributed by atoms with E-state index in [1.165, 1.54) is 12.1 Å². The van der Waals surface area contributed by atoms with Crippen LogP contribution in [0.25, 0.3) is 0 Å². The summed E-state index contributed by atoms with van der Waals surface area (Å²) in [5, 5.41) is 3.38. The predicted molar refractivity (Wildman–Crippen MR) is 131 cm³/mol. The van der Waals surface area contributed by atoms with Gasteiger partial charge < -0.3 is 10.1 Å². The van der Waals surface area contributed by atoms with Crippen LogP contribution in [0.5, 0.6) is 5.75 Å². The molecule has 0 bridgehead atoms. The fourth-order valence-electron chi connectivity index (χ4n) is 3.51. The Morgan fingerprint density at radius 1 is 1.03 bits per heavy atom. The zero-order valence-electron chi connectivity index (χ0n) is 18.8. The minimum Gasteiger partial charge on any atom is -0.497 e. The summed E-state index contributed by atoms with van der Waals surface area (Å²) in [4.78, 5) is 13.2. The monoisotopic (exact) mass is 486 g/mol. The lowest BCUT2D eigenvalue weighted by atomic mass is 10.0. The first-order valence-electron chi connectivity index (χ1n) is 10.5. The maximum atomic E-state index is 13.5. The Morgan fingerprint density at radius 2 is 1.70 bits per heavy atom. The highest BCUT2D eigenvalue weighted by molar-refractivity contribution is 7.92. The molecule has 1 N–H and O–H groups in total. The van der Waals surface area contributed by atoms with Gasteiger partial charge >= 0.3 is 0 Å². The van der Waals surface area contributed by atoms with E-state index in [2.05, 4.69) is 5.32 Å². The van der Waals surface area contributed by atoms with Crippen LogP contribution < -0.4 is 14.4 Å². The van der Waals surface area contributed by atoms with Gasteiger partial charge in [0.2, 0.25) is 5.91 Å². The zero-order valence-corrected chi connectivity index (χ0v) is 20.4. The highest BCUT2D eigenvalue weighted by atomic mass is 35.5. The van der Waals surface area contributed by atoms with Crippen LogP contribution in [0.2, 0.25) is 5.02 Å². The number of sulfonamides is 1. The average Bonchev–Trinajstić information content (AvgIpc) is 2.83. The molecule has 0 aliphatic heterocycles. The first-order chi connectivity index (χ1) is 15.8. The minimum atomic E-state index is -4.01. The molecule has 174 valence electrons. The first-order valence-corrected chi connectivity index (χ1v) is 12.4. The molecule has 0 radical (unpaired) electrons. The molecule has 0 saturated heterocycles. The molecule has 6 nitrogen and oxygen atoms in total. The smallest absolute Gasteiger partial charge is 0.264 e. The summed E-state index contributed by atoms with van der Waals surface area (Å²) in [5.74, 6) is 0.299. The van der Waals surface area contributed by atoms with Gasteiger partial charge in [0.05, 0.1) is 23.7 Å². The van der Waals surface area contributed by atoms with Crippen LogP contribution in [-0.2, 0) is 14.8 Å². The predicted octanol–water partition coefficient (Wildman–Crippen LogP) is 5.12. The Balaban J connectivity index is 1.92. The maximum absolute atomic E-state index is 13.5. The van der Waals surface area contributed by atoms with E-state index in [0.717, 1.165) is 15.6 Å². The van der Waals surface area contributed by atoms with E-state index in [-0.39, 0.29) is 17.5 Å². The van der Waals surface area contributed by atoms with Crippen LogP contribution in [0, 0.1) is 6.92 Å². The number of rotatable bonds is 9. The van der Waals surface area contributed by atoms with E-state index in [9.17, 15) is 13.2 Å². The third-order valence-electron chi connectivity index (χ3n) is 5.39. The summed E-state index contributed by atoms with van der Waals surface area (Å²) in [5.41, 5.74) is 1.84. The summed E-state index contributed by atoms with van der Waals surface area (Å²) >= 11 is 6.27. The normalized spacial score (nSPS) is 12.1. The van der Waals surface area contributed by atoms with Crippen molar-refractivity contribution >= 4 is 33.2 Å². The largest absolute Gasteiger partial charge is 0.497 e. The fourth-order valence-corrected chi connectivity index (χ4v) is 5.18. The van der Waals surface area contributed by atoms with Crippen molar-refractivity contribution < 1.29 is 17.9 Å². The summed E-state index contributed by atoms with van der Waals surface area (Å²) in [6.07, 6.45) is 0.639. The van der Waals surface area contributed by atoms with Gasteiger partial charge in [-0.15, -0.1) is 0 Å². The van der Waals surface area contributed by atoms with Gasteiger partial charge in [-0.2, -0.15) is 0 Å². The quantitative estimate of drug-likeness (QED) is 0.455. The summed E-state index contributed by atoms with van der Waals surface area (Å²) in [6.45, 7) is 3.30. The van der Waals surface area contributed by atoms with Crippen LogP contribution >= 0.6 is 11.6 Å². The topological polar surface area (TPSA) is 75.7 Å². The number of hydrogen-bond acceptors (Lipinski definition) is 4. The molecule has 0 fully saturated rings. The van der Waals surface area contributed by atoms with Gasteiger partial charge in [-0.25, -0.2) is 8.42 Å². The van der Waals surface area contributed by atoms with Crippen LogP contribution in [0.15, 0.2) is 77.7 Å². The molecule has 3 aromatic carbocycles. The van der Waals surface area contributed by atoms with Crippen LogP contribution in [0.1, 0.15) is 30.5 Å². The van der Waals surface area contributed by atoms with Gasteiger partial charge in [0.15, 0.2) is 0 Å². The third-order valence-corrected chi connectivity index (χ3v) is 7.57. The molecular formula is C25H27ClN2O4S. The van der Waals surface area contributed by atoms with Crippen molar-refractivity contribution in [2.75, 3.05) is 18.0 Å². The molecular weight excluding hydrogens is 460 g/mol. The molecule has 1 atom stereocenters. The van der Waals surface area contributed by atoms with Gasteiger partial charge in [-0.3, -0.25) is 9.10 Å². The standard InChI is InChI=1S/C25H27ClN2O4S/c1-4-23(19-13-15-20(32-3)16-14-19)27-25(29)17-28(24-12-8-11-22(26)18(24)2)33(30,31)21-9-6-5-7-10-21/h5-16,23H,4,17H2,1-3H3,(H,27,29)/t23-/m0/s1. The number of ether oxygens (including phenoxy) is 1.